The lowest BCUT2D eigenvalue weighted by molar-refractivity contribution is -0.117. The molecule has 0 aromatic heterocycles. The van der Waals surface area contributed by atoms with Crippen LogP contribution in [0.4, 0.5) is 10.5 Å². The summed E-state index contributed by atoms with van der Waals surface area (Å²) in [6.07, 6.45) is 0. The predicted octanol–water partition coefficient (Wildman–Crippen LogP) is 2.10. The normalized spacial score (nSPS) is 9.24. The topological polar surface area (TPSA) is 82.0 Å². The Kier molecular flexibility index (Phi) is 4.76. The van der Waals surface area contributed by atoms with Crippen LogP contribution in [0.5, 0.6) is 0 Å². The van der Waals surface area contributed by atoms with Crippen molar-refractivity contribution in [2.45, 2.75) is 0 Å². The fraction of sp³-hybridized carbons (Fsp3) is 0.100. The van der Waals surface area contributed by atoms with Crippen molar-refractivity contribution in [1.29, 1.82) is 5.26 Å². The van der Waals surface area contributed by atoms with Gasteiger partial charge in [0.25, 0.3) is 0 Å². The number of nitriles is 1. The lowest BCUT2D eigenvalue weighted by Gasteiger charge is -2.07. The number of imide groups is 1. The number of anilines is 1. The molecule has 0 radical (unpaired) electrons. The summed E-state index contributed by atoms with van der Waals surface area (Å²) in [6.45, 7) is 0. The van der Waals surface area contributed by atoms with Crippen molar-refractivity contribution in [2.75, 3.05) is 11.2 Å². The zero-order valence-corrected chi connectivity index (χ0v) is 9.97. The SMILES string of the molecule is N#Cc1ccc(Cl)cc1NC(=O)NC(=O)CCl. The average Bonchev–Trinajstić information content (AvgIpc) is 2.29. The fourth-order valence-electron chi connectivity index (χ4n) is 1.03. The highest BCUT2D eigenvalue weighted by atomic mass is 35.5. The van der Waals surface area contributed by atoms with Crippen LogP contribution < -0.4 is 10.6 Å². The molecule has 5 nitrogen and oxygen atoms in total. The summed E-state index contributed by atoms with van der Waals surface area (Å²) in [7, 11) is 0. The van der Waals surface area contributed by atoms with Gasteiger partial charge in [-0.1, -0.05) is 11.6 Å². The summed E-state index contributed by atoms with van der Waals surface area (Å²) in [5, 5.41) is 13.5. The van der Waals surface area contributed by atoms with Crippen LogP contribution in [0, 0.1) is 11.3 Å². The van der Waals surface area contributed by atoms with E-state index in [9.17, 15) is 9.59 Å². The molecule has 0 saturated heterocycles. The van der Waals surface area contributed by atoms with Gasteiger partial charge < -0.3 is 5.32 Å². The van der Waals surface area contributed by atoms with Crippen molar-refractivity contribution in [2.24, 2.45) is 0 Å². The maximum Gasteiger partial charge on any atom is 0.325 e. The fourth-order valence-corrected chi connectivity index (χ4v) is 1.27. The summed E-state index contributed by atoms with van der Waals surface area (Å²) in [4.78, 5) is 22.1. The van der Waals surface area contributed by atoms with Crippen LogP contribution in [-0.2, 0) is 4.79 Å². The van der Waals surface area contributed by atoms with E-state index in [0.29, 0.717) is 5.02 Å². The Hall–Kier alpha value is -1.77. The summed E-state index contributed by atoms with van der Waals surface area (Å²) >= 11 is 10.9. The van der Waals surface area contributed by atoms with Crippen LogP contribution in [0.1, 0.15) is 5.56 Å². The first-order valence-electron chi connectivity index (χ1n) is 4.43. The molecule has 0 aliphatic rings. The Morgan fingerprint density at radius 1 is 1.41 bits per heavy atom. The highest BCUT2D eigenvalue weighted by Crippen LogP contribution is 2.20. The Labute approximate surface area is 107 Å². The van der Waals surface area contributed by atoms with E-state index in [0.717, 1.165) is 0 Å². The van der Waals surface area contributed by atoms with Crippen molar-refractivity contribution in [1.82, 2.24) is 5.32 Å². The van der Waals surface area contributed by atoms with Gasteiger partial charge in [-0.2, -0.15) is 5.26 Å². The van der Waals surface area contributed by atoms with Gasteiger partial charge in [0.2, 0.25) is 5.91 Å². The third-order valence-corrected chi connectivity index (χ3v) is 2.20. The number of urea groups is 1. The molecule has 0 saturated carbocycles. The van der Waals surface area contributed by atoms with E-state index in [1.807, 2.05) is 11.4 Å². The Morgan fingerprint density at radius 2 is 2.12 bits per heavy atom. The predicted molar refractivity (Wildman–Crippen MR) is 64.0 cm³/mol. The number of hydrogen-bond donors (Lipinski definition) is 2. The van der Waals surface area contributed by atoms with Crippen LogP contribution in [0.2, 0.25) is 5.02 Å². The number of nitrogens with zero attached hydrogens (tertiary/aromatic N) is 1. The minimum atomic E-state index is -0.769. The highest BCUT2D eigenvalue weighted by molar-refractivity contribution is 6.31. The molecule has 0 bridgehead atoms. The maximum absolute atomic E-state index is 11.3. The second kappa shape index (κ2) is 6.09. The largest absolute Gasteiger partial charge is 0.325 e. The first-order valence-corrected chi connectivity index (χ1v) is 5.34. The molecule has 0 unspecified atom stereocenters. The third-order valence-electron chi connectivity index (χ3n) is 1.72. The molecule has 1 rings (SSSR count). The van der Waals surface area contributed by atoms with Crippen LogP contribution in [-0.4, -0.2) is 17.8 Å². The van der Waals surface area contributed by atoms with Crippen molar-refractivity contribution >= 4 is 40.8 Å². The zero-order chi connectivity index (χ0) is 12.8. The van der Waals surface area contributed by atoms with Gasteiger partial charge in [-0.25, -0.2) is 4.79 Å². The van der Waals surface area contributed by atoms with Crippen molar-refractivity contribution in [3.8, 4) is 6.07 Å². The summed E-state index contributed by atoms with van der Waals surface area (Å²) in [6, 6.07) is 5.50. The monoisotopic (exact) mass is 271 g/mol. The molecule has 0 heterocycles. The number of rotatable bonds is 2. The highest BCUT2D eigenvalue weighted by Gasteiger charge is 2.09. The number of amides is 3. The zero-order valence-electron chi connectivity index (χ0n) is 8.46. The van der Waals surface area contributed by atoms with E-state index in [2.05, 4.69) is 5.32 Å². The number of carbonyl (C=O) groups is 2. The molecule has 3 amide bonds. The number of carbonyl (C=O) groups excluding carboxylic acids is 2. The van der Waals surface area contributed by atoms with Crippen molar-refractivity contribution in [3.05, 3.63) is 28.8 Å². The molecule has 17 heavy (non-hydrogen) atoms. The Morgan fingerprint density at radius 3 is 2.71 bits per heavy atom. The Bertz CT molecular complexity index is 497. The van der Waals surface area contributed by atoms with Crippen molar-refractivity contribution in [3.63, 3.8) is 0 Å². The quantitative estimate of drug-likeness (QED) is 0.809. The molecule has 7 heteroatoms. The third kappa shape index (κ3) is 3.94. The average molecular weight is 272 g/mol. The van der Waals surface area contributed by atoms with Gasteiger partial charge in [0.15, 0.2) is 0 Å². The molecule has 1 aromatic rings. The molecule has 0 atom stereocenters. The molecule has 0 fully saturated rings. The Balaban J connectivity index is 2.81. The molecule has 88 valence electrons. The summed E-state index contributed by atoms with van der Waals surface area (Å²) in [5.74, 6) is -0.960. The molecule has 2 N–H and O–H groups in total. The molecular formula is C10H7Cl2N3O2. The molecular weight excluding hydrogens is 265 g/mol. The van der Waals surface area contributed by atoms with E-state index in [1.54, 1.807) is 0 Å². The summed E-state index contributed by atoms with van der Waals surface area (Å²) < 4.78 is 0. The van der Waals surface area contributed by atoms with Crippen LogP contribution in [0.15, 0.2) is 18.2 Å². The molecule has 0 aliphatic heterocycles. The maximum atomic E-state index is 11.3. The second-order valence-corrected chi connectivity index (χ2v) is 3.64. The number of nitrogens with one attached hydrogen (secondary N) is 2. The van der Waals surface area contributed by atoms with Gasteiger partial charge in [-0.15, -0.1) is 11.6 Å². The van der Waals surface area contributed by atoms with Gasteiger partial charge in [0.05, 0.1) is 11.3 Å². The number of hydrogen-bond acceptors (Lipinski definition) is 3. The first-order chi connectivity index (χ1) is 8.06. The van der Waals surface area contributed by atoms with Gasteiger partial charge in [0.1, 0.15) is 11.9 Å². The van der Waals surface area contributed by atoms with E-state index >= 15 is 0 Å². The standard InChI is InChI=1S/C10H7Cl2N3O2/c11-4-9(16)15-10(17)14-8-3-7(12)2-1-6(8)5-13/h1-3H,4H2,(H2,14,15,16,17). The minimum absolute atomic E-state index is 0.222. The van der Waals surface area contributed by atoms with Gasteiger partial charge in [-0.3, -0.25) is 10.1 Å². The number of alkyl halides is 1. The van der Waals surface area contributed by atoms with Crippen LogP contribution in [0.25, 0.3) is 0 Å². The van der Waals surface area contributed by atoms with E-state index in [-0.39, 0.29) is 17.1 Å². The van der Waals surface area contributed by atoms with E-state index in [4.69, 9.17) is 28.5 Å². The molecule has 1 aromatic carbocycles. The minimum Gasteiger partial charge on any atom is -0.306 e. The lowest BCUT2D eigenvalue weighted by Crippen LogP contribution is -2.35. The summed E-state index contributed by atoms with van der Waals surface area (Å²) in [5.41, 5.74) is 0.461. The number of halogens is 2. The van der Waals surface area contributed by atoms with Gasteiger partial charge >= 0.3 is 6.03 Å². The second-order valence-electron chi connectivity index (χ2n) is 2.94. The van der Waals surface area contributed by atoms with Gasteiger partial charge in [-0.05, 0) is 18.2 Å². The molecule has 0 aliphatic carbocycles. The van der Waals surface area contributed by atoms with E-state index < -0.39 is 11.9 Å². The number of benzene rings is 1. The van der Waals surface area contributed by atoms with E-state index in [1.165, 1.54) is 18.2 Å². The van der Waals surface area contributed by atoms with Crippen LogP contribution in [0.3, 0.4) is 0 Å². The first kappa shape index (κ1) is 13.3. The van der Waals surface area contributed by atoms with Crippen molar-refractivity contribution < 1.29 is 9.59 Å². The van der Waals surface area contributed by atoms with Gasteiger partial charge in [0, 0.05) is 5.02 Å². The van der Waals surface area contributed by atoms with Crippen LogP contribution >= 0.6 is 23.2 Å². The lowest BCUT2D eigenvalue weighted by atomic mass is 10.2. The molecule has 0 spiro atoms. The smallest absolute Gasteiger partial charge is 0.306 e.